The SMILES string of the molecule is COc1cc(C=CC(=O)Nc2c(SF)c(SF)c(SF)c(SF)c2SF)cc(OC)c1OCC=C(C)C. The minimum Gasteiger partial charge on any atom is -0.493 e. The van der Waals surface area contributed by atoms with E-state index in [1.165, 1.54) is 20.3 Å². The van der Waals surface area contributed by atoms with E-state index in [4.69, 9.17) is 14.2 Å². The molecule has 37 heavy (non-hydrogen) atoms. The molecule has 0 saturated carbocycles. The molecule has 202 valence electrons. The van der Waals surface area contributed by atoms with Crippen LogP contribution in [0.1, 0.15) is 19.4 Å². The van der Waals surface area contributed by atoms with Gasteiger partial charge in [0.1, 0.15) is 6.61 Å². The second kappa shape index (κ2) is 15.6. The Bertz CT molecular complexity index is 1120. The third-order valence-electron chi connectivity index (χ3n) is 4.54. The third kappa shape index (κ3) is 7.85. The number of carbonyl (C=O) groups excluding carboxylic acids is 1. The Morgan fingerprint density at radius 2 is 1.30 bits per heavy atom. The molecule has 0 unspecified atom stereocenters. The van der Waals surface area contributed by atoms with Crippen LogP contribution in [0.4, 0.5) is 25.1 Å². The fourth-order valence-electron chi connectivity index (χ4n) is 2.88. The number of methoxy groups -OCH3 is 2. The number of halogens is 5. The third-order valence-corrected chi connectivity index (χ3v) is 7.87. The first kappa shape index (κ1) is 31.4. The Hall–Kier alpha value is -1.81. The molecule has 0 bridgehead atoms. The molecule has 0 atom stereocenters. The molecule has 2 rings (SSSR count). The molecule has 0 fully saturated rings. The summed E-state index contributed by atoms with van der Waals surface area (Å²) in [5, 5.41) is 2.23. The van der Waals surface area contributed by atoms with Gasteiger partial charge in [0.15, 0.2) is 11.5 Å². The lowest BCUT2D eigenvalue weighted by Gasteiger charge is -2.17. The van der Waals surface area contributed by atoms with Gasteiger partial charge in [0.2, 0.25) is 11.7 Å². The first-order chi connectivity index (χ1) is 17.8. The fraction of sp³-hybridized carbons (Fsp3) is 0.227. The molecule has 0 saturated heterocycles. The number of carbonyl (C=O) groups is 1. The molecule has 0 aliphatic carbocycles. The number of anilines is 1. The van der Waals surface area contributed by atoms with Crippen LogP contribution in [-0.2, 0) is 4.79 Å². The summed E-state index contributed by atoms with van der Waals surface area (Å²) < 4.78 is 84.3. The van der Waals surface area contributed by atoms with Crippen molar-refractivity contribution in [1.82, 2.24) is 0 Å². The number of ether oxygens (including phenoxy) is 3. The molecule has 0 aliphatic rings. The number of rotatable bonds is 13. The van der Waals surface area contributed by atoms with Crippen LogP contribution in [-0.4, -0.2) is 26.7 Å². The number of hydrogen-bond donors (Lipinski definition) is 1. The van der Waals surface area contributed by atoms with Crippen molar-refractivity contribution < 1.29 is 38.4 Å². The lowest BCUT2D eigenvalue weighted by atomic mass is 10.1. The van der Waals surface area contributed by atoms with Crippen molar-refractivity contribution in [3.63, 3.8) is 0 Å². The minimum atomic E-state index is -0.877. The zero-order chi connectivity index (χ0) is 27.5. The van der Waals surface area contributed by atoms with Crippen LogP contribution in [0, 0.1) is 0 Å². The highest BCUT2D eigenvalue weighted by atomic mass is 32.2. The number of benzene rings is 2. The molecule has 0 spiro atoms. The van der Waals surface area contributed by atoms with Gasteiger partial charge in [-0.25, -0.2) is 0 Å². The highest BCUT2D eigenvalue weighted by Gasteiger charge is 2.29. The predicted octanol–water partition coefficient (Wildman–Crippen LogP) is 9.58. The van der Waals surface area contributed by atoms with E-state index in [2.05, 4.69) is 5.32 Å². The van der Waals surface area contributed by atoms with Gasteiger partial charge in [0, 0.05) is 6.08 Å². The van der Waals surface area contributed by atoms with Gasteiger partial charge in [-0.05, 0) is 43.7 Å². The van der Waals surface area contributed by atoms with Gasteiger partial charge in [-0.1, -0.05) is 5.57 Å². The summed E-state index contributed by atoms with van der Waals surface area (Å²) >= 11 is -2.76. The zero-order valence-electron chi connectivity index (χ0n) is 19.7. The van der Waals surface area contributed by atoms with Crippen molar-refractivity contribution in [2.24, 2.45) is 0 Å². The molecule has 0 aliphatic heterocycles. The van der Waals surface area contributed by atoms with Crippen LogP contribution in [0.5, 0.6) is 17.2 Å². The Morgan fingerprint density at radius 1 is 0.838 bits per heavy atom. The molecule has 2 aromatic carbocycles. The van der Waals surface area contributed by atoms with Crippen LogP contribution in [0.2, 0.25) is 0 Å². The van der Waals surface area contributed by atoms with Gasteiger partial charge in [0.25, 0.3) is 0 Å². The van der Waals surface area contributed by atoms with Crippen LogP contribution in [0.3, 0.4) is 0 Å². The number of allylic oxidation sites excluding steroid dienone is 1. The summed E-state index contributed by atoms with van der Waals surface area (Å²) in [5.41, 5.74) is 0.966. The first-order valence-electron chi connectivity index (χ1n) is 9.98. The largest absolute Gasteiger partial charge is 0.493 e. The smallest absolute Gasteiger partial charge is 0.248 e. The van der Waals surface area contributed by atoms with Crippen LogP contribution >= 0.6 is 60.7 Å². The average molecular weight is 618 g/mol. The van der Waals surface area contributed by atoms with Gasteiger partial charge in [-0.2, -0.15) is 19.4 Å². The summed E-state index contributed by atoms with van der Waals surface area (Å²) in [4.78, 5) is 9.52. The van der Waals surface area contributed by atoms with Gasteiger partial charge in [-0.15, -0.1) is 0 Å². The lowest BCUT2D eigenvalue weighted by Crippen LogP contribution is -2.11. The van der Waals surface area contributed by atoms with Crippen molar-refractivity contribution in [3.05, 3.63) is 35.4 Å². The Morgan fingerprint density at radius 3 is 1.70 bits per heavy atom. The molecule has 0 heterocycles. The maximum Gasteiger partial charge on any atom is 0.248 e. The standard InChI is InChI=1S/C22H20F5NO4S5/c1-11(2)7-8-32-17-13(30-3)9-12(10-14(17)31-4)5-6-15(29)28-16-18(33-23)20(35-25)22(37-27)21(36-26)19(16)34-24/h5-7,9-10H,8H2,1-4H3,(H,28,29). The number of nitrogens with one attached hydrogen (secondary N) is 1. The summed E-state index contributed by atoms with van der Waals surface area (Å²) in [5.74, 6) is 0.110. The van der Waals surface area contributed by atoms with E-state index >= 15 is 0 Å². The van der Waals surface area contributed by atoms with Crippen molar-refractivity contribution in [1.29, 1.82) is 0 Å². The quantitative estimate of drug-likeness (QED) is 0.134. The van der Waals surface area contributed by atoms with Crippen LogP contribution in [0.25, 0.3) is 6.08 Å². The molecular formula is C22H20F5NO4S5. The zero-order valence-corrected chi connectivity index (χ0v) is 23.7. The average Bonchev–Trinajstić information content (AvgIpc) is 2.90. The molecule has 1 N–H and O–H groups in total. The maximum atomic E-state index is 13.7. The van der Waals surface area contributed by atoms with Crippen molar-refractivity contribution >= 4 is 78.4 Å². The van der Waals surface area contributed by atoms with Crippen molar-refractivity contribution in [3.8, 4) is 17.2 Å². The first-order valence-corrected chi connectivity index (χ1v) is 13.6. The topological polar surface area (TPSA) is 56.8 Å². The normalized spacial score (nSPS) is 10.9. The Balaban J connectivity index is 2.43. The number of amides is 1. The molecule has 0 aromatic heterocycles. The predicted molar refractivity (Wildman–Crippen MR) is 143 cm³/mol. The second-order valence-corrected chi connectivity index (χ2v) is 9.89. The Labute approximate surface area is 233 Å². The molecule has 5 nitrogen and oxygen atoms in total. The summed E-state index contributed by atoms with van der Waals surface area (Å²) in [6, 6.07) is 3.14. The van der Waals surface area contributed by atoms with Crippen molar-refractivity contribution in [2.75, 3.05) is 26.1 Å². The minimum absolute atomic E-state index is 0.272. The highest BCUT2D eigenvalue weighted by molar-refractivity contribution is 8.00. The van der Waals surface area contributed by atoms with Crippen LogP contribution in [0.15, 0.2) is 54.3 Å². The summed E-state index contributed by atoms with van der Waals surface area (Å²) in [6.45, 7) is 4.11. The lowest BCUT2D eigenvalue weighted by molar-refractivity contribution is -0.111. The highest BCUT2D eigenvalue weighted by Crippen LogP contribution is 2.54. The second-order valence-electron chi connectivity index (χ2n) is 7.08. The monoisotopic (exact) mass is 617 g/mol. The van der Waals surface area contributed by atoms with E-state index < -0.39 is 96.8 Å². The molecule has 0 radical (unpaired) electrons. The van der Waals surface area contributed by atoms with Crippen molar-refractivity contribution in [2.45, 2.75) is 38.3 Å². The fourth-order valence-corrected chi connectivity index (χ4v) is 5.73. The summed E-state index contributed by atoms with van der Waals surface area (Å²) in [6.07, 6.45) is 4.25. The molecule has 2 aromatic rings. The van der Waals surface area contributed by atoms with Gasteiger partial charge >= 0.3 is 0 Å². The van der Waals surface area contributed by atoms with E-state index in [-0.39, 0.29) is 6.61 Å². The van der Waals surface area contributed by atoms with E-state index in [0.717, 1.165) is 11.6 Å². The van der Waals surface area contributed by atoms with Gasteiger partial charge < -0.3 is 19.5 Å². The van der Waals surface area contributed by atoms with E-state index in [0.29, 0.717) is 22.8 Å². The molecule has 15 heteroatoms. The Kier molecular flexibility index (Phi) is 13.2. The molecular weight excluding hydrogens is 598 g/mol. The van der Waals surface area contributed by atoms with E-state index in [1.807, 2.05) is 19.9 Å². The number of hydrogen-bond acceptors (Lipinski definition) is 9. The van der Waals surface area contributed by atoms with E-state index in [9.17, 15) is 24.2 Å². The summed E-state index contributed by atoms with van der Waals surface area (Å²) in [7, 11) is 2.85. The van der Waals surface area contributed by atoms with E-state index in [1.54, 1.807) is 12.1 Å². The van der Waals surface area contributed by atoms with Crippen LogP contribution < -0.4 is 19.5 Å². The van der Waals surface area contributed by atoms with Gasteiger partial charge in [-0.3, -0.25) is 4.79 Å². The molecule has 1 amide bonds. The maximum absolute atomic E-state index is 13.7. The van der Waals surface area contributed by atoms with Gasteiger partial charge in [0.05, 0.1) is 105 Å².